The Morgan fingerprint density at radius 2 is 2.22 bits per heavy atom. The lowest BCUT2D eigenvalue weighted by atomic mass is 10.2. The van der Waals surface area contributed by atoms with Gasteiger partial charge in [-0.2, -0.15) is 5.26 Å². The Hall–Kier alpha value is -2.13. The second-order valence-electron chi connectivity index (χ2n) is 5.38. The van der Waals surface area contributed by atoms with E-state index >= 15 is 0 Å². The number of hydrogen-bond acceptors (Lipinski definition) is 5. The molecule has 0 aliphatic rings. The number of nitrogens with zero attached hydrogens (tertiary/aromatic N) is 4. The van der Waals surface area contributed by atoms with E-state index in [1.165, 1.54) is 0 Å². The second-order valence-corrected chi connectivity index (χ2v) is 5.38. The zero-order valence-corrected chi connectivity index (χ0v) is 14.7. The summed E-state index contributed by atoms with van der Waals surface area (Å²) in [5.74, 6) is 0.334. The fourth-order valence-electron chi connectivity index (χ4n) is 1.73. The Bertz CT molecular complexity index is 566. The van der Waals surface area contributed by atoms with E-state index in [2.05, 4.69) is 23.0 Å². The van der Waals surface area contributed by atoms with Crippen LogP contribution in [0.4, 0.5) is 5.69 Å². The van der Waals surface area contributed by atoms with Crippen LogP contribution in [0.1, 0.15) is 38.4 Å². The van der Waals surface area contributed by atoms with Gasteiger partial charge in [-0.1, -0.05) is 6.92 Å². The number of pyridine rings is 1. The summed E-state index contributed by atoms with van der Waals surface area (Å²) in [6, 6.07) is 3.83. The van der Waals surface area contributed by atoms with Crippen molar-refractivity contribution in [3.63, 3.8) is 0 Å². The molecule has 1 unspecified atom stereocenters. The number of aromatic nitrogens is 1. The molecule has 23 heavy (non-hydrogen) atoms. The molecule has 1 atom stereocenters. The summed E-state index contributed by atoms with van der Waals surface area (Å²) >= 11 is 0. The first-order valence-corrected chi connectivity index (χ1v) is 7.92. The number of rotatable bonds is 9. The van der Waals surface area contributed by atoms with Gasteiger partial charge in [0.1, 0.15) is 17.7 Å². The average molecular weight is 318 g/mol. The van der Waals surface area contributed by atoms with Crippen molar-refractivity contribution in [2.24, 2.45) is 4.99 Å². The summed E-state index contributed by atoms with van der Waals surface area (Å²) in [4.78, 5) is 10.7. The smallest absolute Gasteiger partial charge is 0.232 e. The first-order chi connectivity index (χ1) is 11.0. The molecule has 0 fully saturated rings. The second kappa shape index (κ2) is 9.80. The van der Waals surface area contributed by atoms with Gasteiger partial charge >= 0.3 is 0 Å². The number of ether oxygens (including phenoxy) is 2. The molecule has 1 heterocycles. The summed E-state index contributed by atoms with van der Waals surface area (Å²) in [7, 11) is 1.94. The highest BCUT2D eigenvalue weighted by Gasteiger charge is 2.13. The van der Waals surface area contributed by atoms with Crippen LogP contribution in [0.2, 0.25) is 0 Å². The van der Waals surface area contributed by atoms with E-state index < -0.39 is 0 Å². The number of nitriles is 1. The van der Waals surface area contributed by atoms with E-state index in [-0.39, 0.29) is 6.10 Å². The van der Waals surface area contributed by atoms with Crippen LogP contribution in [0.5, 0.6) is 5.88 Å². The molecule has 0 amide bonds. The van der Waals surface area contributed by atoms with Gasteiger partial charge in [-0.25, -0.2) is 9.98 Å². The van der Waals surface area contributed by atoms with E-state index in [0.29, 0.717) is 30.3 Å². The fraction of sp³-hybridized carbons (Fsp3) is 0.588. The van der Waals surface area contributed by atoms with Gasteiger partial charge in [-0.15, -0.1) is 0 Å². The maximum atomic E-state index is 9.32. The first-order valence-electron chi connectivity index (χ1n) is 7.92. The molecule has 1 aromatic heterocycles. The minimum absolute atomic E-state index is 0.166. The third-order valence-corrected chi connectivity index (χ3v) is 3.18. The van der Waals surface area contributed by atoms with Crippen molar-refractivity contribution in [1.29, 1.82) is 5.26 Å². The normalized spacial score (nSPS) is 12.2. The fourth-order valence-corrected chi connectivity index (χ4v) is 1.73. The minimum atomic E-state index is -0.166. The van der Waals surface area contributed by atoms with Crippen molar-refractivity contribution < 1.29 is 9.47 Å². The number of aliphatic imine (C=N–C) groups is 1. The average Bonchev–Trinajstić information content (AvgIpc) is 2.54. The summed E-state index contributed by atoms with van der Waals surface area (Å²) in [5, 5.41) is 9.32. The van der Waals surface area contributed by atoms with Crippen LogP contribution < -0.4 is 4.74 Å². The van der Waals surface area contributed by atoms with E-state index in [0.717, 1.165) is 18.7 Å². The lowest BCUT2D eigenvalue weighted by molar-refractivity contribution is 0.0566. The molecule has 126 valence electrons. The Labute approximate surface area is 138 Å². The lowest BCUT2D eigenvalue weighted by Gasteiger charge is -2.16. The van der Waals surface area contributed by atoms with Crippen LogP contribution >= 0.6 is 0 Å². The molecule has 0 saturated carbocycles. The predicted molar refractivity (Wildman–Crippen MR) is 91.3 cm³/mol. The van der Waals surface area contributed by atoms with E-state index in [1.807, 2.05) is 32.7 Å². The van der Waals surface area contributed by atoms with Gasteiger partial charge < -0.3 is 14.4 Å². The van der Waals surface area contributed by atoms with Crippen molar-refractivity contribution in [1.82, 2.24) is 9.88 Å². The minimum Gasteiger partial charge on any atom is -0.471 e. The van der Waals surface area contributed by atoms with E-state index in [9.17, 15) is 5.26 Å². The molecular weight excluding hydrogens is 292 g/mol. The summed E-state index contributed by atoms with van der Waals surface area (Å²) in [6.45, 7) is 9.87. The van der Waals surface area contributed by atoms with Gasteiger partial charge in [-0.3, -0.25) is 0 Å². The first kappa shape index (κ1) is 18.9. The third kappa shape index (κ3) is 6.25. The molecule has 0 aliphatic carbocycles. The summed E-state index contributed by atoms with van der Waals surface area (Å²) in [6.07, 6.45) is 2.53. The maximum absolute atomic E-state index is 9.32. The van der Waals surface area contributed by atoms with Crippen LogP contribution in [0.3, 0.4) is 0 Å². The molecule has 6 heteroatoms. The van der Waals surface area contributed by atoms with Crippen LogP contribution in [0, 0.1) is 18.3 Å². The van der Waals surface area contributed by atoms with Crippen LogP contribution in [0.15, 0.2) is 11.1 Å². The Kier molecular flexibility index (Phi) is 8.06. The SMILES string of the molecule is CCCOCC(C)Oc1nc(C)c(/N=C/N(C)CC)cc1C#N. The molecule has 0 N–H and O–H groups in total. The third-order valence-electron chi connectivity index (χ3n) is 3.18. The highest BCUT2D eigenvalue weighted by molar-refractivity contribution is 5.63. The van der Waals surface area contributed by atoms with Gasteiger partial charge in [0.15, 0.2) is 0 Å². The zero-order valence-electron chi connectivity index (χ0n) is 14.7. The van der Waals surface area contributed by atoms with E-state index in [4.69, 9.17) is 9.47 Å². The Morgan fingerprint density at radius 1 is 1.48 bits per heavy atom. The lowest BCUT2D eigenvalue weighted by Crippen LogP contribution is -2.20. The highest BCUT2D eigenvalue weighted by Crippen LogP contribution is 2.25. The van der Waals surface area contributed by atoms with Gasteiger partial charge in [-0.05, 0) is 33.3 Å². The van der Waals surface area contributed by atoms with Crippen LogP contribution in [-0.2, 0) is 4.74 Å². The standard InChI is InChI=1S/C17H26N4O2/c1-6-8-22-11-13(3)23-17-15(10-18)9-16(14(4)20-17)19-12-21(5)7-2/h9,12-13H,6-8,11H2,1-5H3/b19-12+. The molecule has 0 spiro atoms. The number of aryl methyl sites for hydroxylation is 1. The van der Waals surface area contributed by atoms with Crippen LogP contribution in [-0.4, -0.2) is 49.1 Å². The monoisotopic (exact) mass is 318 g/mol. The van der Waals surface area contributed by atoms with Crippen molar-refractivity contribution in [3.8, 4) is 11.9 Å². The molecule has 0 bridgehead atoms. The molecular formula is C17H26N4O2. The van der Waals surface area contributed by atoms with Crippen molar-refractivity contribution >= 4 is 12.0 Å². The number of hydrogen-bond donors (Lipinski definition) is 0. The van der Waals surface area contributed by atoms with Gasteiger partial charge in [0.05, 0.1) is 24.3 Å². The van der Waals surface area contributed by atoms with Crippen LogP contribution in [0.25, 0.3) is 0 Å². The molecule has 1 rings (SSSR count). The molecule has 0 radical (unpaired) electrons. The quantitative estimate of drug-likeness (QED) is 0.397. The zero-order chi connectivity index (χ0) is 17.2. The van der Waals surface area contributed by atoms with Crippen molar-refractivity contribution in [3.05, 3.63) is 17.3 Å². The summed E-state index contributed by atoms with van der Waals surface area (Å²) in [5.41, 5.74) is 1.77. The van der Waals surface area contributed by atoms with Gasteiger partial charge in [0, 0.05) is 20.2 Å². The van der Waals surface area contributed by atoms with Crippen molar-refractivity contribution in [2.45, 2.75) is 40.2 Å². The highest BCUT2D eigenvalue weighted by atomic mass is 16.5. The predicted octanol–water partition coefficient (Wildman–Crippen LogP) is 3.07. The Morgan fingerprint density at radius 3 is 2.83 bits per heavy atom. The molecule has 0 saturated heterocycles. The molecule has 0 aromatic carbocycles. The molecule has 6 nitrogen and oxygen atoms in total. The van der Waals surface area contributed by atoms with Gasteiger partial charge in [0.25, 0.3) is 0 Å². The Balaban J connectivity index is 2.88. The maximum Gasteiger partial charge on any atom is 0.232 e. The van der Waals surface area contributed by atoms with Crippen molar-refractivity contribution in [2.75, 3.05) is 26.8 Å². The summed E-state index contributed by atoms with van der Waals surface area (Å²) < 4.78 is 11.2. The molecule has 1 aromatic rings. The largest absolute Gasteiger partial charge is 0.471 e. The topological polar surface area (TPSA) is 70.7 Å². The van der Waals surface area contributed by atoms with Gasteiger partial charge in [0.2, 0.25) is 5.88 Å². The van der Waals surface area contributed by atoms with E-state index in [1.54, 1.807) is 12.4 Å². The molecule has 0 aliphatic heterocycles.